The zero-order valence-corrected chi connectivity index (χ0v) is 17.0. The summed E-state index contributed by atoms with van der Waals surface area (Å²) in [5.74, 6) is 3.12. The summed E-state index contributed by atoms with van der Waals surface area (Å²) in [5, 5.41) is 6.20. The third-order valence-electron chi connectivity index (χ3n) is 4.67. The Kier molecular flexibility index (Phi) is 6.18. The van der Waals surface area contributed by atoms with E-state index in [4.69, 9.17) is 4.74 Å². The van der Waals surface area contributed by atoms with E-state index in [1.54, 1.807) is 7.11 Å². The molecule has 0 aliphatic carbocycles. The summed E-state index contributed by atoms with van der Waals surface area (Å²) in [4.78, 5) is 25.6. The SMILES string of the molecule is CCNc1cc(N2CCN(C(=O)Nc3cc(C)ccc3OC)CC2)nc(C)n1. The van der Waals surface area contributed by atoms with E-state index in [9.17, 15) is 4.79 Å². The molecule has 2 amide bonds. The molecule has 8 heteroatoms. The molecule has 2 N–H and O–H groups in total. The van der Waals surface area contributed by atoms with E-state index in [0.29, 0.717) is 24.5 Å². The van der Waals surface area contributed by atoms with Crippen molar-refractivity contribution in [3.63, 3.8) is 0 Å². The fourth-order valence-electron chi connectivity index (χ4n) is 3.24. The predicted molar refractivity (Wildman–Crippen MR) is 111 cm³/mol. The van der Waals surface area contributed by atoms with Crippen LogP contribution in [0.15, 0.2) is 24.3 Å². The molecule has 150 valence electrons. The predicted octanol–water partition coefficient (Wildman–Crippen LogP) is 2.89. The number of aryl methyl sites for hydroxylation is 2. The summed E-state index contributed by atoms with van der Waals surface area (Å²) in [6.07, 6.45) is 0. The van der Waals surface area contributed by atoms with E-state index in [0.717, 1.165) is 42.7 Å². The second-order valence-electron chi connectivity index (χ2n) is 6.80. The van der Waals surface area contributed by atoms with E-state index in [-0.39, 0.29) is 6.03 Å². The Hall–Kier alpha value is -3.03. The maximum atomic E-state index is 12.7. The quantitative estimate of drug-likeness (QED) is 0.825. The van der Waals surface area contributed by atoms with Gasteiger partial charge in [-0.05, 0) is 38.5 Å². The Labute approximate surface area is 165 Å². The van der Waals surface area contributed by atoms with Crippen molar-refractivity contribution in [2.24, 2.45) is 0 Å². The van der Waals surface area contributed by atoms with Crippen molar-refractivity contribution in [2.75, 3.05) is 55.4 Å². The highest BCUT2D eigenvalue weighted by Gasteiger charge is 2.23. The first-order chi connectivity index (χ1) is 13.5. The van der Waals surface area contributed by atoms with Crippen molar-refractivity contribution in [3.8, 4) is 5.75 Å². The molecule has 1 aromatic carbocycles. The van der Waals surface area contributed by atoms with Crippen LogP contribution in [-0.2, 0) is 0 Å². The second-order valence-corrected chi connectivity index (χ2v) is 6.80. The van der Waals surface area contributed by atoms with Crippen LogP contribution in [0.5, 0.6) is 5.75 Å². The molecule has 2 aromatic rings. The zero-order valence-electron chi connectivity index (χ0n) is 17.0. The van der Waals surface area contributed by atoms with Gasteiger partial charge in [-0.3, -0.25) is 0 Å². The summed E-state index contributed by atoms with van der Waals surface area (Å²) < 4.78 is 5.34. The number of hydrogen-bond acceptors (Lipinski definition) is 6. The maximum absolute atomic E-state index is 12.7. The number of nitrogens with zero attached hydrogens (tertiary/aromatic N) is 4. The second kappa shape index (κ2) is 8.77. The van der Waals surface area contributed by atoms with Gasteiger partial charge in [0, 0.05) is 38.8 Å². The van der Waals surface area contributed by atoms with Gasteiger partial charge >= 0.3 is 6.03 Å². The van der Waals surface area contributed by atoms with Gasteiger partial charge in [0.25, 0.3) is 0 Å². The van der Waals surface area contributed by atoms with Crippen LogP contribution < -0.4 is 20.3 Å². The van der Waals surface area contributed by atoms with Crippen LogP contribution in [0.25, 0.3) is 0 Å². The Morgan fingerprint density at radius 1 is 1.14 bits per heavy atom. The van der Waals surface area contributed by atoms with Gasteiger partial charge in [0.15, 0.2) is 0 Å². The van der Waals surface area contributed by atoms with Gasteiger partial charge in [-0.2, -0.15) is 0 Å². The minimum Gasteiger partial charge on any atom is -0.495 e. The molecule has 0 radical (unpaired) electrons. The molecule has 1 aliphatic heterocycles. The first-order valence-electron chi connectivity index (χ1n) is 9.55. The van der Waals surface area contributed by atoms with Crippen LogP contribution in [0.4, 0.5) is 22.1 Å². The fraction of sp³-hybridized carbons (Fsp3) is 0.450. The van der Waals surface area contributed by atoms with Gasteiger partial charge in [0.2, 0.25) is 0 Å². The molecule has 1 saturated heterocycles. The van der Waals surface area contributed by atoms with Crippen molar-refractivity contribution in [1.29, 1.82) is 0 Å². The lowest BCUT2D eigenvalue weighted by Crippen LogP contribution is -2.50. The van der Waals surface area contributed by atoms with Crippen LogP contribution in [0.2, 0.25) is 0 Å². The largest absolute Gasteiger partial charge is 0.495 e. The lowest BCUT2D eigenvalue weighted by molar-refractivity contribution is 0.208. The molecule has 2 heterocycles. The first kappa shape index (κ1) is 19.7. The Bertz CT molecular complexity index is 833. The lowest BCUT2D eigenvalue weighted by Gasteiger charge is -2.35. The molecule has 1 fully saturated rings. The van der Waals surface area contributed by atoms with E-state index in [1.165, 1.54) is 0 Å². The van der Waals surface area contributed by atoms with Crippen molar-refractivity contribution in [1.82, 2.24) is 14.9 Å². The molecular weight excluding hydrogens is 356 g/mol. The Balaban J connectivity index is 1.62. The number of ether oxygens (including phenoxy) is 1. The average molecular weight is 384 g/mol. The van der Waals surface area contributed by atoms with Crippen molar-refractivity contribution in [3.05, 3.63) is 35.7 Å². The molecule has 1 aliphatic rings. The molecule has 1 aromatic heterocycles. The van der Waals surface area contributed by atoms with Gasteiger partial charge in [-0.25, -0.2) is 14.8 Å². The highest BCUT2D eigenvalue weighted by atomic mass is 16.5. The third-order valence-corrected chi connectivity index (χ3v) is 4.67. The lowest BCUT2D eigenvalue weighted by atomic mass is 10.2. The first-order valence-corrected chi connectivity index (χ1v) is 9.55. The van der Waals surface area contributed by atoms with E-state index < -0.39 is 0 Å². The highest BCUT2D eigenvalue weighted by Crippen LogP contribution is 2.26. The van der Waals surface area contributed by atoms with Crippen LogP contribution in [-0.4, -0.2) is 60.7 Å². The Morgan fingerprint density at radius 2 is 1.89 bits per heavy atom. The van der Waals surface area contributed by atoms with E-state index >= 15 is 0 Å². The summed E-state index contributed by atoms with van der Waals surface area (Å²) >= 11 is 0. The third kappa shape index (κ3) is 4.62. The molecule has 8 nitrogen and oxygen atoms in total. The highest BCUT2D eigenvalue weighted by molar-refractivity contribution is 5.91. The minimum atomic E-state index is -0.115. The van der Waals surface area contributed by atoms with Gasteiger partial charge in [-0.15, -0.1) is 0 Å². The van der Waals surface area contributed by atoms with Crippen molar-refractivity contribution >= 4 is 23.4 Å². The zero-order chi connectivity index (χ0) is 20.1. The number of anilines is 3. The molecule has 0 atom stereocenters. The molecule has 0 saturated carbocycles. The van der Waals surface area contributed by atoms with Gasteiger partial charge < -0.3 is 25.2 Å². The molecule has 0 spiro atoms. The number of nitrogens with one attached hydrogen (secondary N) is 2. The standard InChI is InChI=1S/C20H28N6O2/c1-5-21-18-13-19(23-15(3)22-18)25-8-10-26(11-9-25)20(27)24-16-12-14(2)6-7-17(16)28-4/h6-7,12-13H,5,8-11H2,1-4H3,(H,24,27)(H,21,22,23). The Morgan fingerprint density at radius 3 is 2.57 bits per heavy atom. The molecule has 28 heavy (non-hydrogen) atoms. The smallest absolute Gasteiger partial charge is 0.322 e. The topological polar surface area (TPSA) is 82.6 Å². The number of hydrogen-bond donors (Lipinski definition) is 2. The van der Waals surface area contributed by atoms with Crippen LogP contribution in [0.1, 0.15) is 18.3 Å². The number of benzene rings is 1. The number of methoxy groups -OCH3 is 1. The van der Waals surface area contributed by atoms with E-state index in [2.05, 4.69) is 25.5 Å². The van der Waals surface area contributed by atoms with Gasteiger partial charge in [0.05, 0.1) is 12.8 Å². The number of piperazine rings is 1. The van der Waals surface area contributed by atoms with E-state index in [1.807, 2.05) is 49.9 Å². The molecular formula is C20H28N6O2. The number of carbonyl (C=O) groups is 1. The number of urea groups is 1. The fourth-order valence-corrected chi connectivity index (χ4v) is 3.24. The van der Waals surface area contributed by atoms with Crippen LogP contribution >= 0.6 is 0 Å². The van der Waals surface area contributed by atoms with Gasteiger partial charge in [-0.1, -0.05) is 6.07 Å². The molecule has 0 unspecified atom stereocenters. The van der Waals surface area contributed by atoms with Crippen molar-refractivity contribution < 1.29 is 9.53 Å². The van der Waals surface area contributed by atoms with Gasteiger partial charge in [0.1, 0.15) is 23.2 Å². The summed E-state index contributed by atoms with van der Waals surface area (Å²) in [6, 6.07) is 7.58. The minimum absolute atomic E-state index is 0.115. The van der Waals surface area contributed by atoms with Crippen LogP contribution in [0.3, 0.4) is 0 Å². The average Bonchev–Trinajstić information content (AvgIpc) is 2.68. The van der Waals surface area contributed by atoms with Crippen LogP contribution in [0, 0.1) is 13.8 Å². The number of amides is 2. The maximum Gasteiger partial charge on any atom is 0.322 e. The number of carbonyl (C=O) groups excluding carboxylic acids is 1. The monoisotopic (exact) mass is 384 g/mol. The summed E-state index contributed by atoms with van der Waals surface area (Å²) in [7, 11) is 1.60. The molecule has 3 rings (SSSR count). The number of rotatable bonds is 5. The normalized spacial score (nSPS) is 14.0. The summed E-state index contributed by atoms with van der Waals surface area (Å²) in [5.41, 5.74) is 1.76. The summed E-state index contributed by atoms with van der Waals surface area (Å²) in [6.45, 7) is 9.42. The molecule has 0 bridgehead atoms. The van der Waals surface area contributed by atoms with Crippen molar-refractivity contribution in [2.45, 2.75) is 20.8 Å². The number of aromatic nitrogens is 2.